The van der Waals surface area contributed by atoms with Gasteiger partial charge in [-0.3, -0.25) is 0 Å². The molecule has 4 saturated carbocycles. The van der Waals surface area contributed by atoms with Crippen LogP contribution in [-0.4, -0.2) is 341 Å². The van der Waals surface area contributed by atoms with Gasteiger partial charge in [-0.1, -0.05) is 12.2 Å². The van der Waals surface area contributed by atoms with Crippen LogP contribution in [0.4, 0.5) is 0 Å². The van der Waals surface area contributed by atoms with Crippen molar-refractivity contribution in [2.24, 2.45) is 23.7 Å². The van der Waals surface area contributed by atoms with Crippen LogP contribution in [0.3, 0.4) is 0 Å². The number of aliphatic hydroxyl groups is 21. The third-order valence-corrected chi connectivity index (χ3v) is 19.2. The van der Waals surface area contributed by atoms with E-state index in [-0.39, 0.29) is 63.2 Å². The minimum atomic E-state index is -2.13. The van der Waals surface area contributed by atoms with Gasteiger partial charge in [0.05, 0.1) is 68.0 Å². The highest BCUT2D eigenvalue weighted by atomic mass is 16.8. The molecule has 34 heteroatoms. The Morgan fingerprint density at radius 3 is 1.55 bits per heavy atom. The molecule has 0 aromatic rings. The fourth-order valence-electron chi connectivity index (χ4n) is 13.9. The largest absolute Gasteiger partial charge is 0.479 e. The van der Waals surface area contributed by atoms with Gasteiger partial charge in [-0.05, 0) is 69.6 Å². The second-order valence-corrected chi connectivity index (χ2v) is 25.5. The monoisotopic (exact) mass is 1320 g/mol. The molecule has 5 aliphatic heterocycles. The second-order valence-electron chi connectivity index (χ2n) is 25.5. The molecular weight excluding hydrogens is 1230 g/mol. The molecule has 36 atom stereocenters. The first-order valence-electron chi connectivity index (χ1n) is 30.9. The van der Waals surface area contributed by atoms with Gasteiger partial charge in [0.25, 0.3) is 0 Å². The standard InChI is InChI=1S/C57H88O34/c58-16-33-40(70)45(75)52(91-57-51(44(74)39(69)34(17-59)87-57)89-37(67)8-4-20-2-6-25(61)28(64)10-20)56(86-33)85-32-15-23-26(62)13-22(82-54-47(77)42(72)41(71)35(88-54)18-81-36(66)7-3-19-1-5-24(60)27(63)9-19)14-30(23)83-49(32)21-11-29(65)38(68)31(12-21)84-55-48(78)43(73)46(76)50(90-55)53(79)80/h3-4,7-8,19-35,38-52,54-65,68-78H,1-2,5-6,9-18H2,(H,79,80)/p+1/t19?,20?,21?,22?,23?,24?,25?,26?,27?,28?,29?,30?,31?,32?,33-,34-,35-,38?,39-,40+,41-,42+,43+,44+,45+,46+,47-,48-,49?,50+,51-,52-,54-,55-,56-,57+/m1/s1. The van der Waals surface area contributed by atoms with Crippen LogP contribution < -0.4 is 0 Å². The van der Waals surface area contributed by atoms with Gasteiger partial charge < -0.3 is 154 Å². The van der Waals surface area contributed by atoms with E-state index < -0.39 is 246 Å². The number of carbonyl (C=O) groups is 3. The second kappa shape index (κ2) is 31.3. The molecule has 9 aliphatic rings. The smallest absolute Gasteiger partial charge is 0.335 e. The van der Waals surface area contributed by atoms with Crippen LogP contribution in [0.1, 0.15) is 70.6 Å². The summed E-state index contributed by atoms with van der Waals surface area (Å²) in [5.74, 6) is -6.29. The van der Waals surface area contributed by atoms with Gasteiger partial charge in [0.2, 0.25) is 0 Å². The number of carbonyl (C=O) groups excluding carboxylic acids is 2. The summed E-state index contributed by atoms with van der Waals surface area (Å²) in [4.78, 5) is 38.2. The Bertz CT molecular complexity index is 2430. The number of ether oxygens (including phenoxy) is 11. The fourth-order valence-corrected chi connectivity index (χ4v) is 13.9. The normalized spacial score (nSPS) is 50.1. The molecule has 0 spiro atoms. The van der Waals surface area contributed by atoms with Crippen molar-refractivity contribution >= 4 is 17.9 Å². The molecule has 91 heavy (non-hydrogen) atoms. The number of hydrogen-bond acceptors (Lipinski definition) is 32. The lowest BCUT2D eigenvalue weighted by Crippen LogP contribution is -2.66. The maximum Gasteiger partial charge on any atom is 0.335 e. The molecule has 16 unspecified atom stereocenters. The van der Waals surface area contributed by atoms with Crippen LogP contribution >= 0.6 is 0 Å². The maximum absolute atomic E-state index is 13.4. The van der Waals surface area contributed by atoms with E-state index in [9.17, 15) is 117 Å². The molecular formula is C57H89O34+. The Morgan fingerprint density at radius 1 is 0.440 bits per heavy atom. The number of aliphatic carboxylic acids is 1. The molecule has 5 saturated heterocycles. The number of esters is 2. The number of carboxylic acids is 1. The predicted molar refractivity (Wildman–Crippen MR) is 292 cm³/mol. The molecule has 0 bridgehead atoms. The first-order valence-corrected chi connectivity index (χ1v) is 30.9. The summed E-state index contributed by atoms with van der Waals surface area (Å²) in [6.07, 6.45) is -48.1. The number of fused-ring (bicyclic) bond motifs is 1. The van der Waals surface area contributed by atoms with Gasteiger partial charge in [-0.25, -0.2) is 14.4 Å². The van der Waals surface area contributed by atoms with Crippen molar-refractivity contribution in [1.29, 1.82) is 0 Å². The molecule has 520 valence electrons. The molecule has 0 amide bonds. The van der Waals surface area contributed by atoms with E-state index in [0.717, 1.165) is 12.2 Å². The zero-order chi connectivity index (χ0) is 66.0. The average Bonchev–Trinajstić information content (AvgIpc) is 1.47. The molecule has 4 aliphatic carbocycles. The summed E-state index contributed by atoms with van der Waals surface area (Å²) < 4.78 is 64.0. The van der Waals surface area contributed by atoms with Crippen molar-refractivity contribution in [1.82, 2.24) is 0 Å². The van der Waals surface area contributed by atoms with Crippen LogP contribution in [0.25, 0.3) is 0 Å². The third-order valence-electron chi connectivity index (χ3n) is 19.2. The first kappa shape index (κ1) is 72.0. The van der Waals surface area contributed by atoms with Crippen molar-refractivity contribution in [2.45, 2.75) is 267 Å². The molecule has 0 aromatic heterocycles. The van der Waals surface area contributed by atoms with Crippen LogP contribution in [0.2, 0.25) is 0 Å². The van der Waals surface area contributed by atoms with Gasteiger partial charge in [0.15, 0.2) is 49.6 Å². The average molecular weight is 1320 g/mol. The van der Waals surface area contributed by atoms with E-state index in [2.05, 4.69) is 0 Å². The molecule has 9 fully saturated rings. The lowest BCUT2D eigenvalue weighted by Gasteiger charge is -2.51. The van der Waals surface area contributed by atoms with Crippen LogP contribution in [-0.2, 0) is 61.8 Å². The topological polar surface area (TPSA) is 561 Å². The van der Waals surface area contributed by atoms with E-state index in [4.69, 9.17) is 52.1 Å². The van der Waals surface area contributed by atoms with Crippen molar-refractivity contribution in [2.75, 3.05) is 19.8 Å². The highest BCUT2D eigenvalue weighted by Crippen LogP contribution is 2.45. The van der Waals surface area contributed by atoms with Crippen LogP contribution in [0, 0.1) is 23.7 Å². The molecule has 34 nitrogen and oxygen atoms in total. The Hall–Kier alpha value is -3.23. The highest BCUT2D eigenvalue weighted by molar-refractivity contribution is 5.82. The first-order chi connectivity index (χ1) is 43.2. The van der Waals surface area contributed by atoms with Crippen molar-refractivity contribution < 1.29 is 169 Å². The van der Waals surface area contributed by atoms with E-state index in [0.29, 0.717) is 19.3 Å². The fraction of sp³-hybridized carbons (Fsp3) is 0.877. The molecule has 0 radical (unpaired) electrons. The minimum Gasteiger partial charge on any atom is -0.479 e. The van der Waals surface area contributed by atoms with Crippen molar-refractivity contribution in [3.63, 3.8) is 0 Å². The SMILES string of the molecule is O=C(C=CC1CCC(O)C(O)C1)OC[C@H]1O[C@@H](OC2CC(O)C3CC(O[C@@H]4O[C@H](CO)[C@H](O)[C@H](O)[C@H]4O[C@@H]4O[C@H](CO)[C@@H](O)[C@H](O)[C@H]4OC(=O)C=CC4CCC(O)C(O)C4)C(C4CC(O)C(O)C(O[C@@H]5O[C@H](C(=O)O)[C@@H](O)[C@H](O)[C@H]5O)C4)[OH+]C3C2)[C@H](O)[C@@H](O)[C@@H]1O. The maximum atomic E-state index is 13.4. The molecule has 0 aromatic carbocycles. The summed E-state index contributed by atoms with van der Waals surface area (Å²) in [6.45, 7) is -2.55. The summed E-state index contributed by atoms with van der Waals surface area (Å²) in [7, 11) is 0. The number of carboxylic acid groups (broad SMARTS) is 1. The highest BCUT2D eigenvalue weighted by Gasteiger charge is 2.60. The van der Waals surface area contributed by atoms with Gasteiger partial charge in [-0.2, -0.15) is 0 Å². The molecule has 21 N–H and O–H groups in total. The van der Waals surface area contributed by atoms with Crippen LogP contribution in [0.15, 0.2) is 24.3 Å². The lowest BCUT2D eigenvalue weighted by molar-refractivity contribution is -0.389. The zero-order valence-corrected chi connectivity index (χ0v) is 49.2. The van der Waals surface area contributed by atoms with Gasteiger partial charge in [0, 0.05) is 30.9 Å². The molecule has 5 heterocycles. The molecule has 9 rings (SSSR count). The van der Waals surface area contributed by atoms with Crippen molar-refractivity contribution in [3.05, 3.63) is 24.3 Å². The lowest BCUT2D eigenvalue weighted by atomic mass is 9.72. The summed E-state index contributed by atoms with van der Waals surface area (Å²) in [6, 6.07) is 0. The summed E-state index contributed by atoms with van der Waals surface area (Å²) in [5.41, 5.74) is 0. The van der Waals surface area contributed by atoms with E-state index in [1.165, 1.54) is 12.2 Å². The Kier molecular flexibility index (Phi) is 24.8. The van der Waals surface area contributed by atoms with Crippen molar-refractivity contribution in [3.8, 4) is 0 Å². The number of rotatable bonds is 19. The Morgan fingerprint density at radius 2 is 0.967 bits per heavy atom. The van der Waals surface area contributed by atoms with E-state index in [1.807, 2.05) is 0 Å². The summed E-state index contributed by atoms with van der Waals surface area (Å²) in [5, 5.41) is 216. The quantitative estimate of drug-likeness (QED) is 0.0324. The van der Waals surface area contributed by atoms with Gasteiger partial charge in [-0.15, -0.1) is 0 Å². The third kappa shape index (κ3) is 16.6. The van der Waals surface area contributed by atoms with E-state index in [1.54, 1.807) is 0 Å². The van der Waals surface area contributed by atoms with Gasteiger partial charge in [0.1, 0.15) is 104 Å². The summed E-state index contributed by atoms with van der Waals surface area (Å²) >= 11 is 0. The number of aliphatic hydroxyl groups excluding tert-OH is 19. The number of allylic oxidation sites excluding steroid dienone is 2. The Labute approximate surface area is 519 Å². The minimum absolute atomic E-state index is 0.0896. The zero-order valence-electron chi connectivity index (χ0n) is 49.2. The predicted octanol–water partition coefficient (Wildman–Crippen LogP) is -9.71. The Balaban J connectivity index is 0.961. The van der Waals surface area contributed by atoms with Crippen LogP contribution in [0.5, 0.6) is 0 Å². The van der Waals surface area contributed by atoms with E-state index >= 15 is 0 Å². The number of hydrogen-bond donors (Lipinski definition) is 20. The van der Waals surface area contributed by atoms with Gasteiger partial charge >= 0.3 is 17.9 Å².